The molecule has 1 N–H and O–H groups in total. The summed E-state index contributed by atoms with van der Waals surface area (Å²) in [7, 11) is 0.381. The first-order valence-electron chi connectivity index (χ1n) is 6.47. The molecule has 1 rings (SSSR count). The fourth-order valence-corrected chi connectivity index (χ4v) is 2.47. The number of nitrogens with zero attached hydrogens (tertiary/aromatic N) is 1. The molecule has 0 saturated carbocycles. The third kappa shape index (κ3) is 4.31. The van der Waals surface area contributed by atoms with Crippen molar-refractivity contribution in [1.29, 1.82) is 0 Å². The molecular formula is C14H22N2O3S. The summed E-state index contributed by atoms with van der Waals surface area (Å²) in [6.45, 7) is 2.57. The molecule has 0 aliphatic carbocycles. The highest BCUT2D eigenvalue weighted by Gasteiger charge is 2.17. The van der Waals surface area contributed by atoms with Crippen LogP contribution in [0.4, 0.5) is 0 Å². The van der Waals surface area contributed by atoms with Gasteiger partial charge in [0.05, 0.1) is 10.9 Å². The van der Waals surface area contributed by atoms with Crippen LogP contribution in [0.3, 0.4) is 0 Å². The first kappa shape index (κ1) is 16.7. The van der Waals surface area contributed by atoms with Crippen molar-refractivity contribution < 1.29 is 13.2 Å². The smallest absolute Gasteiger partial charge is 0.224 e. The van der Waals surface area contributed by atoms with Gasteiger partial charge in [0.2, 0.25) is 5.91 Å². The van der Waals surface area contributed by atoms with Gasteiger partial charge in [-0.3, -0.25) is 4.79 Å². The van der Waals surface area contributed by atoms with E-state index < -0.39 is 9.84 Å². The minimum atomic E-state index is -3.18. The summed E-state index contributed by atoms with van der Waals surface area (Å²) in [4.78, 5) is 13.9. The lowest BCUT2D eigenvalue weighted by Gasteiger charge is -2.25. The van der Waals surface area contributed by atoms with Crippen LogP contribution in [0, 0.1) is 0 Å². The quantitative estimate of drug-likeness (QED) is 0.857. The molecule has 0 radical (unpaired) electrons. The average Bonchev–Trinajstić information content (AvgIpc) is 2.42. The molecule has 1 unspecified atom stereocenters. The van der Waals surface area contributed by atoms with E-state index in [-0.39, 0.29) is 16.8 Å². The Morgan fingerprint density at radius 1 is 1.30 bits per heavy atom. The number of carbonyl (C=O) groups is 1. The van der Waals surface area contributed by atoms with E-state index in [1.54, 1.807) is 43.3 Å². The first-order valence-corrected chi connectivity index (χ1v) is 8.36. The van der Waals surface area contributed by atoms with Gasteiger partial charge in [0.1, 0.15) is 0 Å². The molecule has 1 aromatic rings. The van der Waals surface area contributed by atoms with Gasteiger partial charge in [-0.1, -0.05) is 12.1 Å². The third-order valence-corrected chi connectivity index (χ3v) is 4.48. The second kappa shape index (κ2) is 6.85. The highest BCUT2D eigenvalue weighted by Crippen LogP contribution is 2.21. The Bertz CT molecular complexity index is 552. The molecule has 0 saturated heterocycles. The number of hydrogen-bond donors (Lipinski definition) is 1. The molecule has 1 amide bonds. The van der Waals surface area contributed by atoms with Crippen LogP contribution >= 0.6 is 0 Å². The average molecular weight is 298 g/mol. The minimum Gasteiger partial charge on any atom is -0.339 e. The summed E-state index contributed by atoms with van der Waals surface area (Å²) >= 11 is 0. The second-order valence-corrected chi connectivity index (χ2v) is 6.89. The van der Waals surface area contributed by atoms with E-state index in [1.165, 1.54) is 6.26 Å². The van der Waals surface area contributed by atoms with Crippen LogP contribution in [-0.4, -0.2) is 46.1 Å². The van der Waals surface area contributed by atoms with E-state index in [1.807, 2.05) is 6.92 Å². The van der Waals surface area contributed by atoms with Gasteiger partial charge in [-0.05, 0) is 31.7 Å². The maximum absolute atomic E-state index is 11.9. The van der Waals surface area contributed by atoms with Crippen LogP contribution in [0.15, 0.2) is 29.2 Å². The van der Waals surface area contributed by atoms with Crippen molar-refractivity contribution in [1.82, 2.24) is 10.2 Å². The van der Waals surface area contributed by atoms with Gasteiger partial charge in [0.15, 0.2) is 9.84 Å². The molecule has 0 aromatic heterocycles. The van der Waals surface area contributed by atoms with Gasteiger partial charge in [0.25, 0.3) is 0 Å². The van der Waals surface area contributed by atoms with Crippen molar-refractivity contribution in [2.24, 2.45) is 0 Å². The number of carbonyl (C=O) groups excluding carboxylic acids is 1. The highest BCUT2D eigenvalue weighted by molar-refractivity contribution is 7.90. The maximum atomic E-state index is 11.9. The molecule has 1 aromatic carbocycles. The van der Waals surface area contributed by atoms with Crippen molar-refractivity contribution in [3.8, 4) is 0 Å². The predicted octanol–water partition coefficient (Wildman–Crippen LogP) is 1.22. The Morgan fingerprint density at radius 3 is 2.30 bits per heavy atom. The Labute approximate surface area is 120 Å². The van der Waals surface area contributed by atoms with Crippen molar-refractivity contribution >= 4 is 15.7 Å². The number of hydrogen-bond acceptors (Lipinski definition) is 4. The summed E-state index contributed by atoms with van der Waals surface area (Å²) in [5, 5.41) is 2.94. The lowest BCUT2D eigenvalue weighted by molar-refractivity contribution is -0.131. The zero-order chi connectivity index (χ0) is 15.3. The summed E-state index contributed by atoms with van der Waals surface area (Å²) in [5.74, 6) is 0.0547. The van der Waals surface area contributed by atoms with Crippen LogP contribution < -0.4 is 5.32 Å². The maximum Gasteiger partial charge on any atom is 0.224 e. The van der Waals surface area contributed by atoms with Crippen LogP contribution in [0.1, 0.15) is 24.9 Å². The Balaban J connectivity index is 2.82. The number of sulfone groups is 1. The van der Waals surface area contributed by atoms with Gasteiger partial charge < -0.3 is 10.2 Å². The van der Waals surface area contributed by atoms with Crippen LogP contribution in [0.25, 0.3) is 0 Å². The Hall–Kier alpha value is -1.40. The van der Waals surface area contributed by atoms with Crippen molar-refractivity contribution in [2.45, 2.75) is 24.3 Å². The summed E-state index contributed by atoms with van der Waals surface area (Å²) in [5.41, 5.74) is 0.915. The number of benzene rings is 1. The number of amides is 1. The standard InChI is InChI=1S/C14H22N2O3S/c1-11(16(3)14(17)9-10-15-2)12-5-7-13(8-6-12)20(4,18)19/h5-8,11,15H,9-10H2,1-4H3. The van der Waals surface area contributed by atoms with Gasteiger partial charge >= 0.3 is 0 Å². The van der Waals surface area contributed by atoms with Gasteiger partial charge in [0, 0.05) is 26.3 Å². The van der Waals surface area contributed by atoms with Gasteiger partial charge in [-0.2, -0.15) is 0 Å². The molecule has 0 fully saturated rings. The zero-order valence-electron chi connectivity index (χ0n) is 12.4. The second-order valence-electron chi connectivity index (χ2n) is 4.88. The fraction of sp³-hybridized carbons (Fsp3) is 0.500. The van der Waals surface area contributed by atoms with E-state index in [0.29, 0.717) is 13.0 Å². The van der Waals surface area contributed by atoms with Gasteiger partial charge in [-0.25, -0.2) is 8.42 Å². The Kier molecular flexibility index (Phi) is 5.71. The SMILES string of the molecule is CNCCC(=O)N(C)C(C)c1ccc(S(C)(=O)=O)cc1. The minimum absolute atomic E-state index is 0.0547. The van der Waals surface area contributed by atoms with E-state index in [0.717, 1.165) is 5.56 Å². The van der Waals surface area contributed by atoms with E-state index >= 15 is 0 Å². The van der Waals surface area contributed by atoms with E-state index in [9.17, 15) is 13.2 Å². The summed E-state index contributed by atoms with van der Waals surface area (Å²) in [6.07, 6.45) is 1.62. The lowest BCUT2D eigenvalue weighted by atomic mass is 10.1. The van der Waals surface area contributed by atoms with Crippen LogP contribution in [0.5, 0.6) is 0 Å². The molecule has 0 heterocycles. The largest absolute Gasteiger partial charge is 0.339 e. The highest BCUT2D eigenvalue weighted by atomic mass is 32.2. The van der Waals surface area contributed by atoms with Crippen LogP contribution in [-0.2, 0) is 14.6 Å². The normalized spacial score (nSPS) is 13.0. The molecule has 0 spiro atoms. The molecule has 0 bridgehead atoms. The molecule has 0 aliphatic rings. The molecule has 20 heavy (non-hydrogen) atoms. The Morgan fingerprint density at radius 2 is 1.85 bits per heavy atom. The van der Waals surface area contributed by atoms with Crippen molar-refractivity contribution in [3.05, 3.63) is 29.8 Å². The monoisotopic (exact) mass is 298 g/mol. The van der Waals surface area contributed by atoms with Crippen molar-refractivity contribution in [3.63, 3.8) is 0 Å². The molecule has 1 atom stereocenters. The fourth-order valence-electron chi connectivity index (χ4n) is 1.84. The third-order valence-electron chi connectivity index (χ3n) is 3.35. The lowest BCUT2D eigenvalue weighted by Crippen LogP contribution is -2.31. The zero-order valence-corrected chi connectivity index (χ0v) is 13.2. The summed E-state index contributed by atoms with van der Waals surface area (Å²) in [6, 6.07) is 6.57. The number of nitrogens with one attached hydrogen (secondary N) is 1. The predicted molar refractivity (Wildman–Crippen MR) is 79.3 cm³/mol. The van der Waals surface area contributed by atoms with Crippen molar-refractivity contribution in [2.75, 3.05) is 26.9 Å². The van der Waals surface area contributed by atoms with E-state index in [2.05, 4.69) is 5.32 Å². The van der Waals surface area contributed by atoms with Gasteiger partial charge in [-0.15, -0.1) is 0 Å². The van der Waals surface area contributed by atoms with E-state index in [4.69, 9.17) is 0 Å². The molecular weight excluding hydrogens is 276 g/mol. The molecule has 0 aliphatic heterocycles. The molecule has 5 nitrogen and oxygen atoms in total. The topological polar surface area (TPSA) is 66.5 Å². The summed E-state index contributed by atoms with van der Waals surface area (Å²) < 4.78 is 22.8. The molecule has 6 heteroatoms. The first-order chi connectivity index (χ1) is 9.27. The molecule has 112 valence electrons. The van der Waals surface area contributed by atoms with Crippen LogP contribution in [0.2, 0.25) is 0 Å². The number of rotatable bonds is 6.